The number of likely N-dealkylation sites (tertiary alicyclic amines) is 2. The van der Waals surface area contributed by atoms with Gasteiger partial charge in [-0.25, -0.2) is 8.91 Å². The fourth-order valence-corrected chi connectivity index (χ4v) is 10.5. The molecule has 2 aromatic carbocycles. The highest BCUT2D eigenvalue weighted by molar-refractivity contribution is 6.01. The molecule has 7 heterocycles. The number of pyridine rings is 1. The van der Waals surface area contributed by atoms with Gasteiger partial charge in [0.1, 0.15) is 17.9 Å². The zero-order valence-corrected chi connectivity index (χ0v) is 38.6. The van der Waals surface area contributed by atoms with Gasteiger partial charge in [-0.15, -0.1) is 0 Å². The molecule has 1 unspecified atom stereocenters. The molecule has 5 aromatic rings. The number of amides is 4. The number of nitrogens with zero attached hydrogens (tertiary/aromatic N) is 8. The minimum atomic E-state index is -0.572. The molecule has 4 fully saturated rings. The van der Waals surface area contributed by atoms with E-state index in [-0.39, 0.29) is 53.4 Å². The van der Waals surface area contributed by atoms with Crippen LogP contribution < -0.4 is 20.9 Å². The summed E-state index contributed by atoms with van der Waals surface area (Å²) in [4.78, 5) is 56.8. The normalized spacial score (nSPS) is 19.7. The summed E-state index contributed by atoms with van der Waals surface area (Å²) in [6.45, 7) is 10.8. The van der Waals surface area contributed by atoms with Crippen molar-refractivity contribution in [2.45, 2.75) is 103 Å². The maximum Gasteiger partial charge on any atom is 0.249 e. The molecule has 3 N–H and O–H groups in total. The number of benzene rings is 2. The van der Waals surface area contributed by atoms with Gasteiger partial charge in [0.25, 0.3) is 0 Å². The van der Waals surface area contributed by atoms with E-state index in [1.54, 1.807) is 22.8 Å². The number of imide groups is 1. The topological polar surface area (TPSA) is 173 Å². The second-order valence-electron chi connectivity index (χ2n) is 19.2. The van der Waals surface area contributed by atoms with E-state index >= 15 is 4.39 Å². The number of nitrogens with one attached hydrogen (secondary N) is 3. The van der Waals surface area contributed by atoms with Crippen LogP contribution in [0.1, 0.15) is 102 Å². The molecule has 4 saturated heterocycles. The van der Waals surface area contributed by atoms with Crippen molar-refractivity contribution in [2.24, 2.45) is 5.41 Å². The Morgan fingerprint density at radius 3 is 2.31 bits per heavy atom. The van der Waals surface area contributed by atoms with E-state index in [9.17, 15) is 24.4 Å². The molecule has 3 aromatic heterocycles. The lowest BCUT2D eigenvalue weighted by Gasteiger charge is -2.41. The van der Waals surface area contributed by atoms with Crippen molar-refractivity contribution in [3.8, 4) is 28.3 Å². The predicted octanol–water partition coefficient (Wildman–Crippen LogP) is 6.66. The number of carbonyl (C=O) groups is 4. The number of hydrogen-bond donors (Lipinski definition) is 3. The molecule has 0 saturated carbocycles. The van der Waals surface area contributed by atoms with Gasteiger partial charge in [-0.2, -0.15) is 15.5 Å². The first-order chi connectivity index (χ1) is 32.4. The van der Waals surface area contributed by atoms with Crippen LogP contribution in [0.15, 0.2) is 73.3 Å². The average Bonchev–Trinajstić information content (AvgIpc) is 4.01. The monoisotopic (exact) mass is 909 g/mol. The second kappa shape index (κ2) is 19.3. The molecule has 4 amide bonds. The van der Waals surface area contributed by atoms with Crippen LogP contribution >= 0.6 is 0 Å². The van der Waals surface area contributed by atoms with Crippen molar-refractivity contribution in [1.82, 2.24) is 39.8 Å². The number of rotatable bonds is 12. The van der Waals surface area contributed by atoms with Gasteiger partial charge in [-0.1, -0.05) is 25.1 Å². The maximum absolute atomic E-state index is 15.3. The largest absolute Gasteiger partial charge is 0.374 e. The highest BCUT2D eigenvalue weighted by Gasteiger charge is 2.40. The Labute approximate surface area is 390 Å². The van der Waals surface area contributed by atoms with Crippen molar-refractivity contribution >= 4 is 40.5 Å². The highest BCUT2D eigenvalue weighted by atomic mass is 19.1. The minimum Gasteiger partial charge on any atom is -0.374 e. The van der Waals surface area contributed by atoms with Crippen molar-refractivity contribution in [3.05, 3.63) is 90.3 Å². The Morgan fingerprint density at radius 2 is 1.64 bits per heavy atom. The molecular weight excluding hydrogens is 850 g/mol. The summed E-state index contributed by atoms with van der Waals surface area (Å²) in [5.74, 6) is -0.691. The van der Waals surface area contributed by atoms with Crippen molar-refractivity contribution < 1.29 is 23.6 Å². The summed E-state index contributed by atoms with van der Waals surface area (Å²) in [5, 5.41) is 27.9. The Bertz CT molecular complexity index is 2680. The summed E-state index contributed by atoms with van der Waals surface area (Å²) in [7, 11) is 0. The fraction of sp³-hybridized carbons (Fsp3) is 0.471. The van der Waals surface area contributed by atoms with Gasteiger partial charge >= 0.3 is 0 Å². The Hall–Kier alpha value is -6.60. The molecule has 0 radical (unpaired) electrons. The molecule has 67 heavy (non-hydrogen) atoms. The maximum atomic E-state index is 15.3. The molecular formula is C51H60FN11O4. The van der Waals surface area contributed by atoms with Gasteiger partial charge in [0.15, 0.2) is 0 Å². The van der Waals surface area contributed by atoms with E-state index in [2.05, 4.69) is 80.4 Å². The van der Waals surface area contributed by atoms with Crippen LogP contribution in [0.5, 0.6) is 0 Å². The third-order valence-electron chi connectivity index (χ3n) is 14.7. The number of aromatic nitrogens is 4. The van der Waals surface area contributed by atoms with E-state index in [4.69, 9.17) is 5.10 Å². The number of carbonyl (C=O) groups excluding carboxylic acids is 4. The first-order valence-electron chi connectivity index (χ1n) is 23.9. The highest BCUT2D eigenvalue weighted by Crippen LogP contribution is 2.39. The lowest BCUT2D eigenvalue weighted by atomic mass is 9.75. The number of hydrogen-bond acceptors (Lipinski definition) is 10. The summed E-state index contributed by atoms with van der Waals surface area (Å²) in [5.41, 5.74) is 6.91. The molecule has 0 bridgehead atoms. The van der Waals surface area contributed by atoms with Gasteiger partial charge in [-0.3, -0.25) is 34.1 Å². The standard InChI is InChI=1S/C51H60FN11O4/c1-4-51(50(67)56-33(2)3)17-23-60(24-18-51)40-8-5-34(6-9-40)43-25-36(30-63-48(43)37(27-53)28-55-63)38-29-54-62(31-38)41-15-21-61(22-16-41)47(65)32-59-19-13-35(14-20-59)42-10-7-39(26-44(42)52)57-45-11-12-46(64)58-49(45)66/h5-10,25-26,28-31,33,35,41,45,57H,4,11-24,32H2,1-3H3,(H,56,67)(H,58,64,66). The smallest absolute Gasteiger partial charge is 0.249 e. The quantitative estimate of drug-likeness (QED) is 0.115. The van der Waals surface area contributed by atoms with Gasteiger partial charge < -0.3 is 20.4 Å². The molecule has 0 spiro atoms. The van der Waals surface area contributed by atoms with Crippen LogP contribution in [0, 0.1) is 22.6 Å². The summed E-state index contributed by atoms with van der Waals surface area (Å²) >= 11 is 0. The molecule has 16 heteroatoms. The van der Waals surface area contributed by atoms with Crippen molar-refractivity contribution in [1.29, 1.82) is 5.26 Å². The molecule has 9 rings (SSSR count). The van der Waals surface area contributed by atoms with Gasteiger partial charge in [0.2, 0.25) is 23.6 Å². The Balaban J connectivity index is 0.788. The zero-order valence-electron chi connectivity index (χ0n) is 38.6. The lowest BCUT2D eigenvalue weighted by molar-refractivity contribution is -0.135. The SMILES string of the molecule is CCC1(C(=O)NC(C)C)CCN(c2ccc(-c3cc(-c4cnn(C5CCN(C(=O)CN6CCC(c7ccc(NC8CCC(=O)NC8=O)cc7F)CC6)CC5)c4)cn4ncc(C#N)c34)cc2)CC1. The minimum absolute atomic E-state index is 0.0421. The molecule has 4 aliphatic heterocycles. The second-order valence-corrected chi connectivity index (χ2v) is 19.2. The number of halogens is 1. The van der Waals surface area contributed by atoms with Crippen LogP contribution in [-0.2, 0) is 19.2 Å². The fourth-order valence-electron chi connectivity index (χ4n) is 10.5. The van der Waals surface area contributed by atoms with Crippen molar-refractivity contribution in [3.63, 3.8) is 0 Å². The first-order valence-corrected chi connectivity index (χ1v) is 23.9. The molecule has 0 aliphatic carbocycles. The third-order valence-corrected chi connectivity index (χ3v) is 14.7. The number of piperidine rings is 4. The Morgan fingerprint density at radius 1 is 0.896 bits per heavy atom. The van der Waals surface area contributed by atoms with Gasteiger partial charge in [0.05, 0.1) is 41.5 Å². The third kappa shape index (κ3) is 9.65. The molecule has 4 aliphatic rings. The number of nitriles is 1. The summed E-state index contributed by atoms with van der Waals surface area (Å²) in [6, 6.07) is 17.6. The molecule has 350 valence electrons. The number of fused-ring (bicyclic) bond motifs is 1. The lowest BCUT2D eigenvalue weighted by Crippen LogP contribution is -2.50. The van der Waals surface area contributed by atoms with Gasteiger partial charge in [0, 0.05) is 79.1 Å². The van der Waals surface area contributed by atoms with E-state index in [1.165, 1.54) is 6.07 Å². The predicted molar refractivity (Wildman–Crippen MR) is 253 cm³/mol. The Kier molecular flexibility index (Phi) is 13.1. The van der Waals surface area contributed by atoms with Crippen LogP contribution in [0.2, 0.25) is 0 Å². The summed E-state index contributed by atoms with van der Waals surface area (Å²) in [6.07, 6.45) is 13.6. The van der Waals surface area contributed by atoms with Crippen LogP contribution in [0.25, 0.3) is 27.8 Å². The number of anilines is 2. The first kappa shape index (κ1) is 45.6. The van der Waals surface area contributed by atoms with Crippen LogP contribution in [0.3, 0.4) is 0 Å². The average molecular weight is 910 g/mol. The van der Waals surface area contributed by atoms with E-state index in [0.29, 0.717) is 56.0 Å². The zero-order chi connectivity index (χ0) is 46.8. The van der Waals surface area contributed by atoms with Gasteiger partial charge in [-0.05, 0) is 126 Å². The van der Waals surface area contributed by atoms with E-state index < -0.39 is 11.9 Å². The molecule has 15 nitrogen and oxygen atoms in total. The summed E-state index contributed by atoms with van der Waals surface area (Å²) < 4.78 is 19.1. The van der Waals surface area contributed by atoms with E-state index in [0.717, 1.165) is 91.5 Å². The van der Waals surface area contributed by atoms with E-state index in [1.807, 2.05) is 35.8 Å². The van der Waals surface area contributed by atoms with Crippen molar-refractivity contribution in [2.75, 3.05) is 56.0 Å². The van der Waals surface area contributed by atoms with Crippen LogP contribution in [-0.4, -0.2) is 111 Å². The molecule has 1 atom stereocenters. The van der Waals surface area contributed by atoms with Crippen LogP contribution in [0.4, 0.5) is 15.8 Å².